The van der Waals surface area contributed by atoms with Gasteiger partial charge in [-0.1, -0.05) is 24.3 Å². The Morgan fingerprint density at radius 3 is 2.78 bits per heavy atom. The largest absolute Gasteiger partial charge is 0.505 e. The predicted octanol–water partition coefficient (Wildman–Crippen LogP) is 4.40. The lowest BCUT2D eigenvalue weighted by Crippen LogP contribution is -2.19. The summed E-state index contributed by atoms with van der Waals surface area (Å²) in [6.07, 6.45) is 3.48. The molecule has 2 aromatic carbocycles. The van der Waals surface area contributed by atoms with Gasteiger partial charge in [-0.15, -0.1) is 0 Å². The van der Waals surface area contributed by atoms with Crippen LogP contribution < -0.4 is 10.3 Å². The summed E-state index contributed by atoms with van der Waals surface area (Å²) in [5.74, 6) is 0.526. The highest BCUT2D eigenvalue weighted by molar-refractivity contribution is 5.85. The molecule has 0 fully saturated rings. The van der Waals surface area contributed by atoms with Crippen LogP contribution in [0.25, 0.3) is 10.9 Å². The van der Waals surface area contributed by atoms with Crippen molar-refractivity contribution in [2.45, 2.75) is 13.0 Å². The smallest absolute Gasteiger partial charge is 0.273 e. The number of aromatic amines is 1. The van der Waals surface area contributed by atoms with Gasteiger partial charge in [-0.3, -0.25) is 10.3 Å². The van der Waals surface area contributed by atoms with E-state index in [1.54, 1.807) is 12.3 Å². The van der Waals surface area contributed by atoms with Gasteiger partial charge in [0, 0.05) is 28.8 Å². The third-order valence-electron chi connectivity index (χ3n) is 4.53. The number of nitrogens with one attached hydrogen (secondary N) is 2. The van der Waals surface area contributed by atoms with Crippen molar-refractivity contribution >= 4 is 16.7 Å². The number of phenols is 1. The number of hydrogen-bond acceptors (Lipinski definition) is 3. The highest BCUT2D eigenvalue weighted by atomic mass is 19.1. The second-order valence-electron chi connectivity index (χ2n) is 6.49. The molecule has 0 saturated heterocycles. The van der Waals surface area contributed by atoms with Crippen molar-refractivity contribution in [3.05, 3.63) is 95.6 Å². The molecule has 0 amide bonds. The number of H-pyrrole nitrogens is 1. The summed E-state index contributed by atoms with van der Waals surface area (Å²) >= 11 is 0. The third-order valence-corrected chi connectivity index (χ3v) is 4.53. The molecule has 0 saturated carbocycles. The first kappa shape index (κ1) is 17.0. The summed E-state index contributed by atoms with van der Waals surface area (Å²) in [5.41, 5.74) is 2.93. The van der Waals surface area contributed by atoms with Gasteiger partial charge in [0.1, 0.15) is 23.1 Å². The number of benzene rings is 2. The molecular weight excluding hydrogens is 341 g/mol. The molecule has 2 aromatic heterocycles. The predicted molar refractivity (Wildman–Crippen MR) is 103 cm³/mol. The topological polar surface area (TPSA) is 59.3 Å². The van der Waals surface area contributed by atoms with Crippen LogP contribution in [0.1, 0.15) is 22.7 Å². The van der Waals surface area contributed by atoms with E-state index in [9.17, 15) is 9.50 Å². The molecule has 1 atom stereocenters. The Kier molecular flexibility index (Phi) is 4.42. The van der Waals surface area contributed by atoms with E-state index in [0.717, 1.165) is 16.8 Å². The first-order chi connectivity index (χ1) is 13.1. The lowest BCUT2D eigenvalue weighted by atomic mass is 9.96. The van der Waals surface area contributed by atoms with E-state index < -0.39 is 6.04 Å². The molecule has 0 unspecified atom stereocenters. The van der Waals surface area contributed by atoms with Crippen LogP contribution in [0.3, 0.4) is 0 Å². The van der Waals surface area contributed by atoms with Gasteiger partial charge in [-0.05, 0) is 42.8 Å². The van der Waals surface area contributed by atoms with Crippen molar-refractivity contribution < 1.29 is 14.5 Å². The summed E-state index contributed by atoms with van der Waals surface area (Å²) in [6, 6.07) is 17.3. The molecule has 5 heteroatoms. The molecule has 2 heterocycles. The average Bonchev–Trinajstić information content (AvgIpc) is 2.67. The van der Waals surface area contributed by atoms with Gasteiger partial charge in [-0.25, -0.2) is 9.37 Å². The minimum atomic E-state index is -0.454. The van der Waals surface area contributed by atoms with Gasteiger partial charge in [0.2, 0.25) is 0 Å². The number of phenolic OH excluding ortho intramolecular Hbond substituents is 1. The number of aromatic hydroxyl groups is 1. The summed E-state index contributed by atoms with van der Waals surface area (Å²) in [5, 5.41) is 15.1. The second-order valence-corrected chi connectivity index (χ2v) is 6.49. The third kappa shape index (κ3) is 3.44. The van der Waals surface area contributed by atoms with E-state index in [2.05, 4.69) is 15.3 Å². The van der Waals surface area contributed by atoms with Gasteiger partial charge in [0.05, 0.1) is 6.20 Å². The highest BCUT2D eigenvalue weighted by Gasteiger charge is 2.24. The van der Waals surface area contributed by atoms with Crippen LogP contribution >= 0.6 is 0 Å². The number of rotatable bonds is 4. The molecule has 0 radical (unpaired) electrons. The van der Waals surface area contributed by atoms with E-state index in [-0.39, 0.29) is 11.6 Å². The molecule has 0 aliphatic rings. The van der Waals surface area contributed by atoms with E-state index in [4.69, 9.17) is 0 Å². The molecule has 4 aromatic rings. The van der Waals surface area contributed by atoms with Crippen LogP contribution in [-0.4, -0.2) is 10.1 Å². The van der Waals surface area contributed by atoms with Crippen molar-refractivity contribution in [2.75, 3.05) is 5.32 Å². The maximum atomic E-state index is 13.9. The molecule has 3 N–H and O–H groups in total. The highest BCUT2D eigenvalue weighted by Crippen LogP contribution is 2.36. The molecule has 4 nitrogen and oxygen atoms in total. The normalized spacial score (nSPS) is 12.1. The molecule has 27 heavy (non-hydrogen) atoms. The van der Waals surface area contributed by atoms with E-state index in [1.165, 1.54) is 12.1 Å². The summed E-state index contributed by atoms with van der Waals surface area (Å²) in [7, 11) is 0. The zero-order chi connectivity index (χ0) is 18.8. The molecule has 134 valence electrons. The Hall–Kier alpha value is -3.47. The SMILES string of the molecule is Cc1cc[nH+]c(N[C@H](c2cccc(F)c2)c2ccc3cccnc3c2O)c1. The molecular formula is C22H19FN3O+. The molecule has 4 rings (SSSR count). The second kappa shape index (κ2) is 7.03. The fraction of sp³-hybridized carbons (Fsp3) is 0.0909. The lowest BCUT2D eigenvalue weighted by Gasteiger charge is -2.18. The number of pyridine rings is 2. The summed E-state index contributed by atoms with van der Waals surface area (Å²) in [4.78, 5) is 7.44. The Morgan fingerprint density at radius 1 is 1.07 bits per heavy atom. The number of hydrogen-bond donors (Lipinski definition) is 2. The lowest BCUT2D eigenvalue weighted by molar-refractivity contribution is -0.361. The summed E-state index contributed by atoms with van der Waals surface area (Å²) < 4.78 is 13.9. The monoisotopic (exact) mass is 360 g/mol. The van der Waals surface area contributed by atoms with Crippen LogP contribution in [0.4, 0.5) is 10.2 Å². The minimum Gasteiger partial charge on any atom is -0.505 e. The summed E-state index contributed by atoms with van der Waals surface area (Å²) in [6.45, 7) is 1.99. The Bertz CT molecular complexity index is 1110. The van der Waals surface area contributed by atoms with Crippen molar-refractivity contribution in [3.8, 4) is 5.75 Å². The average molecular weight is 360 g/mol. The van der Waals surface area contributed by atoms with Gasteiger partial charge in [0.15, 0.2) is 0 Å². The quantitative estimate of drug-likeness (QED) is 0.567. The molecule has 0 aliphatic carbocycles. The van der Waals surface area contributed by atoms with Gasteiger partial charge >= 0.3 is 0 Å². The van der Waals surface area contributed by atoms with E-state index in [1.807, 2.05) is 55.6 Å². The maximum Gasteiger partial charge on any atom is 0.273 e. The molecule has 0 spiro atoms. The number of anilines is 1. The van der Waals surface area contributed by atoms with Crippen molar-refractivity contribution in [2.24, 2.45) is 0 Å². The zero-order valence-corrected chi connectivity index (χ0v) is 14.8. The van der Waals surface area contributed by atoms with Crippen molar-refractivity contribution in [3.63, 3.8) is 0 Å². The first-order valence-electron chi connectivity index (χ1n) is 8.69. The molecule has 0 bridgehead atoms. The van der Waals surface area contributed by atoms with Crippen LogP contribution in [0, 0.1) is 12.7 Å². The van der Waals surface area contributed by atoms with Crippen molar-refractivity contribution in [1.82, 2.24) is 4.98 Å². The Labute approximate surface area is 156 Å². The minimum absolute atomic E-state index is 0.0857. The number of halogens is 1. The van der Waals surface area contributed by atoms with Crippen LogP contribution in [0.5, 0.6) is 5.75 Å². The van der Waals surface area contributed by atoms with Gasteiger partial charge in [-0.2, -0.15) is 0 Å². The first-order valence-corrected chi connectivity index (χ1v) is 8.69. The fourth-order valence-electron chi connectivity index (χ4n) is 3.22. The van der Waals surface area contributed by atoms with Crippen LogP contribution in [-0.2, 0) is 0 Å². The number of fused-ring (bicyclic) bond motifs is 1. The number of aromatic nitrogens is 2. The standard InChI is InChI=1S/C22H18FN3O/c1-14-9-11-24-19(12-14)26-20(16-4-2-6-17(23)13-16)18-8-7-15-5-3-10-25-21(15)22(18)27/h2-13,20,27H,1H3,(H,24,26)/p+1/t20-/m1/s1. The Balaban J connectivity index is 1.86. The van der Waals surface area contributed by atoms with Gasteiger partial charge in [0.25, 0.3) is 5.82 Å². The van der Waals surface area contributed by atoms with E-state index >= 15 is 0 Å². The number of aryl methyl sites for hydroxylation is 1. The van der Waals surface area contributed by atoms with Crippen LogP contribution in [0.15, 0.2) is 73.1 Å². The Morgan fingerprint density at radius 2 is 1.96 bits per heavy atom. The van der Waals surface area contributed by atoms with E-state index in [0.29, 0.717) is 16.6 Å². The van der Waals surface area contributed by atoms with Gasteiger partial charge < -0.3 is 5.11 Å². The maximum absolute atomic E-state index is 13.9. The van der Waals surface area contributed by atoms with Crippen LogP contribution in [0.2, 0.25) is 0 Å². The number of nitrogens with zero attached hydrogens (tertiary/aromatic N) is 1. The zero-order valence-electron chi connectivity index (χ0n) is 14.8. The fourth-order valence-corrected chi connectivity index (χ4v) is 3.22. The molecule has 0 aliphatic heterocycles. The van der Waals surface area contributed by atoms with Crippen molar-refractivity contribution in [1.29, 1.82) is 0 Å².